The van der Waals surface area contributed by atoms with Gasteiger partial charge < -0.3 is 23.5 Å². The molecule has 0 aromatic heterocycles. The van der Waals surface area contributed by atoms with Crippen molar-refractivity contribution in [3.05, 3.63) is 120 Å². The fourth-order valence-corrected chi connectivity index (χ4v) is 6.48. The van der Waals surface area contributed by atoms with Gasteiger partial charge in [-0.3, -0.25) is 0 Å². The Morgan fingerprint density at radius 3 is 2.00 bits per heavy atom. The zero-order valence-corrected chi connectivity index (χ0v) is 31.2. The average molecular weight is 712 g/mol. The van der Waals surface area contributed by atoms with Gasteiger partial charge in [0.1, 0.15) is 49.1 Å². The summed E-state index contributed by atoms with van der Waals surface area (Å²) in [6.45, 7) is 15.0. The van der Waals surface area contributed by atoms with Crippen LogP contribution in [0.1, 0.15) is 45.0 Å². The third kappa shape index (κ3) is 8.58. The van der Waals surface area contributed by atoms with E-state index in [0.717, 1.165) is 82.1 Å². The first-order chi connectivity index (χ1) is 26.0. The molecule has 0 radical (unpaired) electrons. The van der Waals surface area contributed by atoms with E-state index in [1.807, 2.05) is 79.7 Å². The van der Waals surface area contributed by atoms with Gasteiger partial charge >= 0.3 is 5.97 Å². The van der Waals surface area contributed by atoms with Crippen molar-refractivity contribution >= 4 is 34.0 Å². The maximum absolute atomic E-state index is 13.7. The van der Waals surface area contributed by atoms with E-state index in [1.165, 1.54) is 0 Å². The Morgan fingerprint density at radius 2 is 1.36 bits per heavy atom. The second-order valence-electron chi connectivity index (χ2n) is 12.3. The van der Waals surface area contributed by atoms with Gasteiger partial charge in [-0.05, 0) is 113 Å². The largest absolute Gasteiger partial charge is 0.494 e. The molecule has 4 aromatic rings. The second kappa shape index (κ2) is 17.5. The van der Waals surface area contributed by atoms with Crippen LogP contribution < -0.4 is 24.3 Å². The van der Waals surface area contributed by atoms with E-state index in [9.17, 15) is 4.79 Å². The molecule has 1 heterocycles. The summed E-state index contributed by atoms with van der Waals surface area (Å²) >= 11 is 0. The molecular weight excluding hydrogens is 665 g/mol. The van der Waals surface area contributed by atoms with Crippen LogP contribution in [0.4, 0.5) is 17.1 Å². The fourth-order valence-electron chi connectivity index (χ4n) is 6.48. The molecule has 0 amide bonds. The van der Waals surface area contributed by atoms with E-state index >= 15 is 0 Å². The number of carbonyl (C=O) groups excluding carboxylic acids is 1. The normalized spacial score (nSPS) is 11.3. The maximum Gasteiger partial charge on any atom is 0.338 e. The van der Waals surface area contributed by atoms with Crippen LogP contribution >= 0.6 is 0 Å². The summed E-state index contributed by atoms with van der Waals surface area (Å²) in [5, 5.41) is 10.6. The van der Waals surface area contributed by atoms with E-state index < -0.39 is 5.97 Å². The van der Waals surface area contributed by atoms with Crippen LogP contribution in [-0.2, 0) is 4.74 Å². The Hall–Kier alpha value is -5.96. The summed E-state index contributed by atoms with van der Waals surface area (Å²) in [4.78, 5) is 16.0. The fraction of sp³-hybridized carbons (Fsp3) is 0.273. The molecule has 0 bridgehead atoms. The predicted molar refractivity (Wildman–Crippen MR) is 212 cm³/mol. The molecule has 6 rings (SSSR count). The van der Waals surface area contributed by atoms with Gasteiger partial charge in [0.25, 0.3) is 0 Å². The highest BCUT2D eigenvalue weighted by molar-refractivity contribution is 6.08. The molecule has 0 spiro atoms. The Balaban J connectivity index is 1.21. The van der Waals surface area contributed by atoms with Crippen LogP contribution in [0.5, 0.6) is 11.5 Å². The first-order valence-corrected chi connectivity index (χ1v) is 18.4. The van der Waals surface area contributed by atoms with Gasteiger partial charge in [-0.2, -0.15) is 10.2 Å². The Morgan fingerprint density at radius 1 is 0.698 bits per heavy atom. The lowest BCUT2D eigenvalue weighted by Gasteiger charge is -2.22. The van der Waals surface area contributed by atoms with Gasteiger partial charge in [0.2, 0.25) is 5.36 Å². The topological polar surface area (TPSA) is 88.9 Å². The molecule has 53 heavy (non-hydrogen) atoms. The van der Waals surface area contributed by atoms with Gasteiger partial charge in [0, 0.05) is 47.4 Å². The highest BCUT2D eigenvalue weighted by Crippen LogP contribution is 2.42. The molecule has 0 atom stereocenters. The molecule has 1 aliphatic carbocycles. The number of ether oxygens (including phenoxy) is 3. The third-order valence-electron chi connectivity index (χ3n) is 9.21. The van der Waals surface area contributed by atoms with Crippen molar-refractivity contribution in [1.82, 2.24) is 4.58 Å². The lowest BCUT2D eigenvalue weighted by Crippen LogP contribution is -2.29. The van der Waals surface area contributed by atoms with Crippen LogP contribution in [0.15, 0.2) is 124 Å². The van der Waals surface area contributed by atoms with Crippen LogP contribution in [0.3, 0.4) is 0 Å². The van der Waals surface area contributed by atoms with Crippen molar-refractivity contribution in [3.63, 3.8) is 0 Å². The number of fused-ring (bicyclic) bond motifs is 2. The number of carbonyl (C=O) groups is 1. The number of azo groups is 1. The van der Waals surface area contributed by atoms with Crippen molar-refractivity contribution in [3.8, 4) is 33.9 Å². The highest BCUT2D eigenvalue weighted by atomic mass is 16.6. The molecule has 0 fully saturated rings. The number of benzene rings is 5. The van der Waals surface area contributed by atoms with Crippen LogP contribution in [0, 0.1) is 0 Å². The standard InChI is InChI=1S/C44H47N4O5/c1-6-47(7-2)33-19-25-39-41(29-33)53-42-30-34(48(8-3)9-4)20-26-40(42)43(39)37-13-11-12-14-38(37)44(49)52-28-27-51-36-23-17-32(18-24-36)46-45-31-15-21-35(22-16-31)50-10-5/h11-26,29-30H,6-10,27-28H2,1-5H3/q+1. The van der Waals surface area contributed by atoms with E-state index in [1.54, 1.807) is 0 Å². The van der Waals surface area contributed by atoms with Crippen LogP contribution in [-0.4, -0.2) is 52.0 Å². The second-order valence-corrected chi connectivity index (χ2v) is 12.3. The summed E-state index contributed by atoms with van der Waals surface area (Å²) in [5.41, 5.74) is 6.39. The first-order valence-electron chi connectivity index (χ1n) is 18.4. The SMILES string of the molecule is CCOc1ccc(N=Nc2ccc(OCCOC(=O)c3ccccc3-c3c4ccc(=[N+](CC)CC)cc-4oc4cc(N(CC)CC)ccc34)cc2)cc1. The zero-order valence-electron chi connectivity index (χ0n) is 31.2. The van der Waals surface area contributed by atoms with E-state index in [-0.39, 0.29) is 13.2 Å². The molecule has 0 unspecified atom stereocenters. The van der Waals surface area contributed by atoms with Crippen molar-refractivity contribution in [2.45, 2.75) is 34.6 Å². The molecule has 272 valence electrons. The number of anilines is 1. The van der Waals surface area contributed by atoms with Crippen molar-refractivity contribution in [2.24, 2.45) is 10.2 Å². The van der Waals surface area contributed by atoms with E-state index in [0.29, 0.717) is 23.6 Å². The predicted octanol–water partition coefficient (Wildman–Crippen LogP) is 9.91. The smallest absolute Gasteiger partial charge is 0.338 e. The monoisotopic (exact) mass is 711 g/mol. The molecule has 0 saturated heterocycles. The Kier molecular flexibility index (Phi) is 12.2. The minimum Gasteiger partial charge on any atom is -0.494 e. The van der Waals surface area contributed by atoms with Crippen LogP contribution in [0.25, 0.3) is 33.4 Å². The van der Waals surface area contributed by atoms with Gasteiger partial charge in [-0.1, -0.05) is 18.2 Å². The number of rotatable bonds is 15. The number of hydrogen-bond donors (Lipinski definition) is 0. The molecule has 9 nitrogen and oxygen atoms in total. The van der Waals surface area contributed by atoms with E-state index in [2.05, 4.69) is 83.8 Å². The Labute approximate surface area is 311 Å². The van der Waals surface area contributed by atoms with Crippen molar-refractivity contribution in [2.75, 3.05) is 50.9 Å². The van der Waals surface area contributed by atoms with Crippen molar-refractivity contribution < 1.29 is 23.4 Å². The Bertz CT molecular complexity index is 2220. The molecular formula is C44H47N4O5+. The lowest BCUT2D eigenvalue weighted by molar-refractivity contribution is 0.0451. The number of hydrogen-bond acceptors (Lipinski definition) is 8. The molecule has 0 N–H and O–H groups in total. The molecule has 9 heteroatoms. The van der Waals surface area contributed by atoms with E-state index in [4.69, 9.17) is 18.6 Å². The lowest BCUT2D eigenvalue weighted by atomic mass is 9.90. The zero-order chi connectivity index (χ0) is 37.2. The quantitative estimate of drug-likeness (QED) is 0.0347. The van der Waals surface area contributed by atoms with Crippen molar-refractivity contribution in [1.29, 1.82) is 0 Å². The third-order valence-corrected chi connectivity index (χ3v) is 9.21. The van der Waals surface area contributed by atoms with Crippen LogP contribution in [0.2, 0.25) is 0 Å². The van der Waals surface area contributed by atoms with Gasteiger partial charge in [-0.25, -0.2) is 9.37 Å². The first kappa shape index (κ1) is 36.8. The van der Waals surface area contributed by atoms with Gasteiger partial charge in [0.15, 0.2) is 0 Å². The number of esters is 1. The van der Waals surface area contributed by atoms with Gasteiger partial charge in [-0.15, -0.1) is 0 Å². The molecule has 2 aliphatic rings. The molecule has 4 aromatic carbocycles. The summed E-state index contributed by atoms with van der Waals surface area (Å²) in [6.07, 6.45) is 0. The molecule has 1 aliphatic heterocycles. The average Bonchev–Trinajstić information content (AvgIpc) is 3.19. The maximum atomic E-state index is 13.7. The van der Waals surface area contributed by atoms with Gasteiger partial charge in [0.05, 0.1) is 29.6 Å². The summed E-state index contributed by atoms with van der Waals surface area (Å²) in [7, 11) is 0. The minimum atomic E-state index is -0.420. The highest BCUT2D eigenvalue weighted by Gasteiger charge is 2.23. The minimum absolute atomic E-state index is 0.0818. The summed E-state index contributed by atoms with van der Waals surface area (Å²) < 4.78 is 26.1. The molecule has 0 saturated carbocycles. The number of nitrogens with zero attached hydrogens (tertiary/aromatic N) is 4. The summed E-state index contributed by atoms with van der Waals surface area (Å²) in [6, 6.07) is 35.0. The summed E-state index contributed by atoms with van der Waals surface area (Å²) in [5.74, 6) is 1.77.